The minimum Gasteiger partial charge on any atom is -0.492 e. The molecular weight excluding hydrogens is 323 g/mol. The first-order valence-corrected chi connectivity index (χ1v) is 7.03. The average Bonchev–Trinajstić information content (AvgIpc) is 2.40. The van der Waals surface area contributed by atoms with E-state index in [4.69, 9.17) is 10.5 Å². The highest BCUT2D eigenvalue weighted by atomic mass is 79.9. The van der Waals surface area contributed by atoms with Crippen molar-refractivity contribution < 1.29 is 9.13 Å². The quantitative estimate of drug-likeness (QED) is 0.640. The van der Waals surface area contributed by atoms with Crippen LogP contribution in [0.2, 0.25) is 0 Å². The molecule has 0 bridgehead atoms. The summed E-state index contributed by atoms with van der Waals surface area (Å²) in [5.74, 6) is 0.475. The normalized spacial score (nSPS) is 10.3. The summed E-state index contributed by atoms with van der Waals surface area (Å²) >= 11 is 3.09. The second-order valence-corrected chi connectivity index (χ2v) is 5.30. The van der Waals surface area contributed by atoms with Gasteiger partial charge in [0, 0.05) is 12.6 Å². The fourth-order valence-corrected chi connectivity index (χ4v) is 2.14. The number of nitrogen functional groups attached to an aromatic ring is 1. The monoisotopic (exact) mass is 338 g/mol. The molecule has 3 N–H and O–H groups in total. The Morgan fingerprint density at radius 1 is 1.30 bits per heavy atom. The van der Waals surface area contributed by atoms with Gasteiger partial charge >= 0.3 is 0 Å². The first-order chi connectivity index (χ1) is 9.56. The van der Waals surface area contributed by atoms with Gasteiger partial charge in [0.2, 0.25) is 0 Å². The molecule has 0 spiro atoms. The number of nitrogens with one attached hydrogen (secondary N) is 1. The second kappa shape index (κ2) is 6.61. The minimum absolute atomic E-state index is 0.346. The fourth-order valence-electron chi connectivity index (χ4n) is 1.78. The lowest BCUT2D eigenvalue weighted by Gasteiger charge is -2.11. The SMILES string of the molecule is Cc1cccc(OCCNc2cc(F)c(Br)cc2N)c1. The largest absolute Gasteiger partial charge is 0.492 e. The van der Waals surface area contributed by atoms with Gasteiger partial charge in [-0.3, -0.25) is 0 Å². The third-order valence-electron chi connectivity index (χ3n) is 2.77. The molecule has 0 atom stereocenters. The van der Waals surface area contributed by atoms with E-state index in [-0.39, 0.29) is 5.82 Å². The zero-order valence-electron chi connectivity index (χ0n) is 11.1. The summed E-state index contributed by atoms with van der Waals surface area (Å²) in [5, 5.41) is 3.06. The molecule has 0 saturated carbocycles. The zero-order valence-corrected chi connectivity index (χ0v) is 12.7. The summed E-state index contributed by atoms with van der Waals surface area (Å²) in [7, 11) is 0. The van der Waals surface area contributed by atoms with Crippen molar-refractivity contribution in [2.75, 3.05) is 24.2 Å². The van der Waals surface area contributed by atoms with Gasteiger partial charge in [0.05, 0.1) is 15.8 Å². The molecule has 0 radical (unpaired) electrons. The van der Waals surface area contributed by atoms with Crippen LogP contribution < -0.4 is 15.8 Å². The molecular formula is C15H16BrFN2O. The van der Waals surface area contributed by atoms with E-state index in [1.54, 1.807) is 6.07 Å². The molecule has 2 aromatic rings. The van der Waals surface area contributed by atoms with E-state index < -0.39 is 0 Å². The summed E-state index contributed by atoms with van der Waals surface area (Å²) in [6, 6.07) is 10.7. The number of rotatable bonds is 5. The average molecular weight is 339 g/mol. The predicted octanol–water partition coefficient (Wildman–Crippen LogP) is 3.97. The lowest BCUT2D eigenvalue weighted by molar-refractivity contribution is 0.332. The maximum Gasteiger partial charge on any atom is 0.139 e. The van der Waals surface area contributed by atoms with Crippen molar-refractivity contribution >= 4 is 27.3 Å². The molecule has 2 rings (SSSR count). The smallest absolute Gasteiger partial charge is 0.139 e. The van der Waals surface area contributed by atoms with Crippen molar-refractivity contribution in [3.8, 4) is 5.75 Å². The van der Waals surface area contributed by atoms with E-state index in [2.05, 4.69) is 21.2 Å². The Morgan fingerprint density at radius 3 is 2.85 bits per heavy atom. The Kier molecular flexibility index (Phi) is 4.84. The van der Waals surface area contributed by atoms with Crippen molar-refractivity contribution in [1.29, 1.82) is 0 Å². The molecule has 0 aliphatic heterocycles. The summed E-state index contributed by atoms with van der Waals surface area (Å²) in [4.78, 5) is 0. The van der Waals surface area contributed by atoms with Crippen molar-refractivity contribution in [2.45, 2.75) is 6.92 Å². The highest BCUT2D eigenvalue weighted by Crippen LogP contribution is 2.26. The summed E-state index contributed by atoms with van der Waals surface area (Å²) < 4.78 is 19.4. The van der Waals surface area contributed by atoms with Gasteiger partial charge in [-0.1, -0.05) is 12.1 Å². The van der Waals surface area contributed by atoms with E-state index >= 15 is 0 Å². The number of aryl methyl sites for hydroxylation is 1. The Balaban J connectivity index is 1.86. The lowest BCUT2D eigenvalue weighted by Crippen LogP contribution is -2.12. The molecule has 0 heterocycles. The molecule has 20 heavy (non-hydrogen) atoms. The fraction of sp³-hybridized carbons (Fsp3) is 0.200. The number of hydrogen-bond donors (Lipinski definition) is 2. The van der Waals surface area contributed by atoms with Gasteiger partial charge in [-0.25, -0.2) is 4.39 Å². The Labute approximate surface area is 126 Å². The molecule has 106 valence electrons. The molecule has 0 fully saturated rings. The molecule has 0 saturated heterocycles. The van der Waals surface area contributed by atoms with Crippen LogP contribution in [0.25, 0.3) is 0 Å². The maximum absolute atomic E-state index is 13.4. The number of benzene rings is 2. The minimum atomic E-state index is -0.346. The van der Waals surface area contributed by atoms with Gasteiger partial charge in [-0.15, -0.1) is 0 Å². The van der Waals surface area contributed by atoms with Crippen LogP contribution in [-0.2, 0) is 0 Å². The summed E-state index contributed by atoms with van der Waals surface area (Å²) in [5.41, 5.74) is 8.01. The van der Waals surface area contributed by atoms with E-state index in [9.17, 15) is 4.39 Å². The Bertz CT molecular complexity index is 604. The Hall–Kier alpha value is -1.75. The molecule has 0 amide bonds. The van der Waals surface area contributed by atoms with Crippen LogP contribution in [0.1, 0.15) is 5.56 Å². The Morgan fingerprint density at radius 2 is 2.10 bits per heavy atom. The van der Waals surface area contributed by atoms with Crippen molar-refractivity contribution in [3.05, 3.63) is 52.3 Å². The van der Waals surface area contributed by atoms with Crippen molar-refractivity contribution in [1.82, 2.24) is 0 Å². The van der Waals surface area contributed by atoms with Gasteiger partial charge in [0.15, 0.2) is 0 Å². The first kappa shape index (κ1) is 14.7. The van der Waals surface area contributed by atoms with Crippen LogP contribution in [0.5, 0.6) is 5.75 Å². The number of nitrogens with two attached hydrogens (primary N) is 1. The molecule has 0 unspecified atom stereocenters. The number of anilines is 2. The van der Waals surface area contributed by atoms with Gasteiger partial charge < -0.3 is 15.8 Å². The molecule has 0 aliphatic rings. The second-order valence-electron chi connectivity index (χ2n) is 4.45. The standard InChI is InChI=1S/C15H16BrFN2O/c1-10-3-2-4-11(7-10)20-6-5-19-15-9-13(17)12(16)8-14(15)18/h2-4,7-9,19H,5-6,18H2,1H3. The third kappa shape index (κ3) is 3.87. The van der Waals surface area contributed by atoms with Crippen molar-refractivity contribution in [3.63, 3.8) is 0 Å². The predicted molar refractivity (Wildman–Crippen MR) is 83.7 cm³/mol. The molecule has 0 aliphatic carbocycles. The van der Waals surface area contributed by atoms with Crippen LogP contribution >= 0.6 is 15.9 Å². The van der Waals surface area contributed by atoms with Crippen molar-refractivity contribution in [2.24, 2.45) is 0 Å². The van der Waals surface area contributed by atoms with Crippen LogP contribution in [0.15, 0.2) is 40.9 Å². The first-order valence-electron chi connectivity index (χ1n) is 6.24. The van der Waals surface area contributed by atoms with Gasteiger partial charge in [-0.05, 0) is 46.6 Å². The molecule has 3 nitrogen and oxygen atoms in total. The lowest BCUT2D eigenvalue weighted by atomic mass is 10.2. The zero-order chi connectivity index (χ0) is 14.5. The van der Waals surface area contributed by atoms with Gasteiger partial charge in [0.1, 0.15) is 18.2 Å². The topological polar surface area (TPSA) is 47.3 Å². The molecule has 5 heteroatoms. The van der Waals surface area contributed by atoms with Crippen LogP contribution in [0, 0.1) is 12.7 Å². The van der Waals surface area contributed by atoms with Crippen LogP contribution in [0.3, 0.4) is 0 Å². The number of hydrogen-bond acceptors (Lipinski definition) is 3. The van der Waals surface area contributed by atoms with E-state index in [1.165, 1.54) is 6.07 Å². The number of ether oxygens (including phenoxy) is 1. The maximum atomic E-state index is 13.4. The summed E-state index contributed by atoms with van der Waals surface area (Å²) in [6.07, 6.45) is 0. The van der Waals surface area contributed by atoms with Crippen LogP contribution in [-0.4, -0.2) is 13.2 Å². The van der Waals surface area contributed by atoms with Gasteiger partial charge in [0.25, 0.3) is 0 Å². The summed E-state index contributed by atoms with van der Waals surface area (Å²) in [6.45, 7) is 3.02. The highest BCUT2D eigenvalue weighted by molar-refractivity contribution is 9.10. The van der Waals surface area contributed by atoms with Gasteiger partial charge in [-0.2, -0.15) is 0 Å². The molecule has 0 aromatic heterocycles. The van der Waals surface area contributed by atoms with E-state index in [0.29, 0.717) is 29.0 Å². The molecule has 2 aromatic carbocycles. The van der Waals surface area contributed by atoms with E-state index in [0.717, 1.165) is 11.3 Å². The highest BCUT2D eigenvalue weighted by Gasteiger charge is 2.05. The van der Waals surface area contributed by atoms with Crippen LogP contribution in [0.4, 0.5) is 15.8 Å². The third-order valence-corrected chi connectivity index (χ3v) is 3.38. The van der Waals surface area contributed by atoms with E-state index in [1.807, 2.05) is 31.2 Å². The number of halogens is 2.